The summed E-state index contributed by atoms with van der Waals surface area (Å²) in [5, 5.41) is 0. The molecule has 0 aromatic heterocycles. The Bertz CT molecular complexity index is 694. The van der Waals surface area contributed by atoms with Gasteiger partial charge in [0.1, 0.15) is 0 Å². The molecule has 23 heavy (non-hydrogen) atoms. The van der Waals surface area contributed by atoms with Crippen molar-refractivity contribution in [1.29, 1.82) is 0 Å². The molecule has 1 heterocycles. The van der Waals surface area contributed by atoms with Crippen LogP contribution in [0.3, 0.4) is 0 Å². The average Bonchev–Trinajstić information content (AvgIpc) is 2.90. The summed E-state index contributed by atoms with van der Waals surface area (Å²) < 4.78 is 11.8. The molecule has 3 aliphatic rings. The maximum Gasteiger partial charge on any atom is 0.174 e. The monoisotopic (exact) mass is 313 g/mol. The van der Waals surface area contributed by atoms with Crippen LogP contribution in [0.4, 0.5) is 0 Å². The molecule has 4 nitrogen and oxygen atoms in total. The number of nitrogens with zero attached hydrogens (tertiary/aromatic N) is 1. The van der Waals surface area contributed by atoms with Crippen LogP contribution >= 0.6 is 0 Å². The SMILES string of the molecule is COc1ccc2c3c1O[C@H]1C(=O)CC[C@@H](C=C2)[C@@]31CCN(C)C. The van der Waals surface area contributed by atoms with Crippen molar-refractivity contribution in [2.24, 2.45) is 5.92 Å². The van der Waals surface area contributed by atoms with Crippen molar-refractivity contribution < 1.29 is 14.3 Å². The van der Waals surface area contributed by atoms with Gasteiger partial charge in [0.2, 0.25) is 0 Å². The van der Waals surface area contributed by atoms with Gasteiger partial charge in [-0.3, -0.25) is 4.79 Å². The number of ether oxygens (including phenoxy) is 2. The van der Waals surface area contributed by atoms with Crippen molar-refractivity contribution in [3.05, 3.63) is 29.3 Å². The van der Waals surface area contributed by atoms with Crippen LogP contribution in [0.2, 0.25) is 0 Å². The molecule has 4 heteroatoms. The lowest BCUT2D eigenvalue weighted by Crippen LogP contribution is -2.54. The highest BCUT2D eigenvalue weighted by molar-refractivity contribution is 5.90. The first kappa shape index (κ1) is 14.8. The summed E-state index contributed by atoms with van der Waals surface area (Å²) in [7, 11) is 5.82. The van der Waals surface area contributed by atoms with Gasteiger partial charge in [0.25, 0.3) is 0 Å². The predicted molar refractivity (Wildman–Crippen MR) is 89.0 cm³/mol. The molecule has 1 aromatic rings. The van der Waals surface area contributed by atoms with Gasteiger partial charge in [-0.05, 0) is 51.0 Å². The number of carbonyl (C=O) groups is 1. The standard InChI is InChI=1S/C19H23NO3/c1-20(2)11-10-19-13-6-4-12-5-9-15(22-3)17(16(12)19)23-18(19)14(21)8-7-13/h4-6,9,13,18H,7-8,10-11H2,1-3H3/t13-,18+,19+/m1/s1. The molecule has 4 rings (SSSR count). The third kappa shape index (κ3) is 1.91. The second-order valence-corrected chi connectivity index (χ2v) is 7.12. The summed E-state index contributed by atoms with van der Waals surface area (Å²) in [4.78, 5) is 14.9. The average molecular weight is 313 g/mol. The minimum atomic E-state index is -0.365. The van der Waals surface area contributed by atoms with E-state index in [0.717, 1.165) is 30.9 Å². The van der Waals surface area contributed by atoms with Crippen LogP contribution in [0.25, 0.3) is 6.08 Å². The van der Waals surface area contributed by atoms with E-state index in [-0.39, 0.29) is 17.3 Å². The highest BCUT2D eigenvalue weighted by Gasteiger charge is 2.60. The van der Waals surface area contributed by atoms with Gasteiger partial charge < -0.3 is 14.4 Å². The Balaban J connectivity index is 1.93. The molecule has 0 saturated heterocycles. The van der Waals surface area contributed by atoms with Crippen molar-refractivity contribution in [3.63, 3.8) is 0 Å². The second kappa shape index (κ2) is 5.10. The van der Waals surface area contributed by atoms with Gasteiger partial charge in [0, 0.05) is 12.0 Å². The van der Waals surface area contributed by atoms with Crippen LogP contribution in [0, 0.1) is 5.92 Å². The van der Waals surface area contributed by atoms with Gasteiger partial charge in [-0.1, -0.05) is 18.2 Å². The number of hydrogen-bond acceptors (Lipinski definition) is 4. The van der Waals surface area contributed by atoms with E-state index in [1.165, 1.54) is 11.1 Å². The molecule has 0 spiro atoms. The Hall–Kier alpha value is -1.81. The van der Waals surface area contributed by atoms with E-state index in [2.05, 4.69) is 37.2 Å². The molecule has 0 bridgehead atoms. The summed E-state index contributed by atoms with van der Waals surface area (Å²) in [6, 6.07) is 4.03. The Kier molecular flexibility index (Phi) is 3.27. The van der Waals surface area contributed by atoms with Gasteiger partial charge in [0.15, 0.2) is 23.4 Å². The summed E-state index contributed by atoms with van der Waals surface area (Å²) in [5.41, 5.74) is 2.14. The van der Waals surface area contributed by atoms with Crippen LogP contribution in [-0.4, -0.2) is 44.5 Å². The molecule has 2 aliphatic carbocycles. The quantitative estimate of drug-likeness (QED) is 0.856. The van der Waals surface area contributed by atoms with Crippen molar-refractivity contribution in [1.82, 2.24) is 4.90 Å². The number of rotatable bonds is 4. The fraction of sp³-hybridized carbons (Fsp3) is 0.526. The maximum atomic E-state index is 12.7. The van der Waals surface area contributed by atoms with E-state index in [1.807, 2.05) is 6.07 Å². The minimum absolute atomic E-state index is 0.229. The summed E-state index contributed by atoms with van der Waals surface area (Å²) in [6.45, 7) is 0.938. The van der Waals surface area contributed by atoms with Crippen molar-refractivity contribution in [2.75, 3.05) is 27.7 Å². The number of methoxy groups -OCH3 is 1. The molecule has 1 aliphatic heterocycles. The van der Waals surface area contributed by atoms with Crippen molar-refractivity contribution in [3.8, 4) is 11.5 Å². The number of hydrogen-bond donors (Lipinski definition) is 0. The Morgan fingerprint density at radius 3 is 2.96 bits per heavy atom. The van der Waals surface area contributed by atoms with E-state index in [1.54, 1.807) is 7.11 Å². The first-order valence-corrected chi connectivity index (χ1v) is 8.31. The Morgan fingerprint density at radius 1 is 1.39 bits per heavy atom. The molecule has 0 radical (unpaired) electrons. The fourth-order valence-corrected chi connectivity index (χ4v) is 4.59. The van der Waals surface area contributed by atoms with Crippen molar-refractivity contribution >= 4 is 11.9 Å². The van der Waals surface area contributed by atoms with Gasteiger partial charge in [0.05, 0.1) is 12.5 Å². The largest absolute Gasteiger partial charge is 0.493 e. The first-order valence-electron chi connectivity index (χ1n) is 8.31. The van der Waals surface area contributed by atoms with Gasteiger partial charge in [-0.2, -0.15) is 0 Å². The molecule has 0 N–H and O–H groups in total. The molecule has 1 fully saturated rings. The minimum Gasteiger partial charge on any atom is -0.493 e. The summed E-state index contributed by atoms with van der Waals surface area (Å²) in [6.07, 6.45) is 6.57. The van der Waals surface area contributed by atoms with Crippen LogP contribution < -0.4 is 9.47 Å². The van der Waals surface area contributed by atoms with E-state index < -0.39 is 0 Å². The lowest BCUT2D eigenvalue weighted by molar-refractivity contribution is -0.132. The normalized spacial score (nSPS) is 30.3. The highest BCUT2D eigenvalue weighted by Crippen LogP contribution is 2.60. The molecule has 1 aromatic carbocycles. The number of Topliss-reactive ketones (excluding diaryl/α,β-unsaturated/α-hetero) is 1. The zero-order valence-electron chi connectivity index (χ0n) is 14.0. The smallest absolute Gasteiger partial charge is 0.174 e. The van der Waals surface area contributed by atoms with E-state index >= 15 is 0 Å². The number of ketones is 1. The summed E-state index contributed by atoms with van der Waals surface area (Å²) >= 11 is 0. The summed E-state index contributed by atoms with van der Waals surface area (Å²) in [5.74, 6) is 2.13. The zero-order valence-corrected chi connectivity index (χ0v) is 14.0. The van der Waals surface area contributed by atoms with E-state index in [9.17, 15) is 4.79 Å². The predicted octanol–water partition coefficient (Wildman–Crippen LogP) is 2.65. The number of benzene rings is 1. The third-order valence-electron chi connectivity index (χ3n) is 5.68. The Morgan fingerprint density at radius 2 is 2.22 bits per heavy atom. The molecule has 0 amide bonds. The van der Waals surface area contributed by atoms with Crippen LogP contribution in [0.5, 0.6) is 11.5 Å². The second-order valence-electron chi connectivity index (χ2n) is 7.12. The maximum absolute atomic E-state index is 12.7. The number of carbonyl (C=O) groups excluding carboxylic acids is 1. The molecule has 3 atom stereocenters. The molecule has 1 saturated carbocycles. The third-order valence-corrected chi connectivity index (χ3v) is 5.68. The van der Waals surface area contributed by atoms with E-state index in [0.29, 0.717) is 12.3 Å². The van der Waals surface area contributed by atoms with Crippen LogP contribution in [0.1, 0.15) is 30.4 Å². The Labute approximate surface area is 137 Å². The molecular formula is C19H23NO3. The molecule has 0 unspecified atom stereocenters. The van der Waals surface area contributed by atoms with Gasteiger partial charge >= 0.3 is 0 Å². The zero-order chi connectivity index (χ0) is 16.2. The van der Waals surface area contributed by atoms with Crippen LogP contribution in [0.15, 0.2) is 18.2 Å². The van der Waals surface area contributed by atoms with Crippen LogP contribution in [-0.2, 0) is 10.2 Å². The molecule has 122 valence electrons. The fourth-order valence-electron chi connectivity index (χ4n) is 4.59. The van der Waals surface area contributed by atoms with Crippen molar-refractivity contribution in [2.45, 2.75) is 30.8 Å². The van der Waals surface area contributed by atoms with Gasteiger partial charge in [-0.15, -0.1) is 0 Å². The highest BCUT2D eigenvalue weighted by atomic mass is 16.5. The number of allylic oxidation sites excluding steroid dienone is 1. The van der Waals surface area contributed by atoms with Gasteiger partial charge in [-0.25, -0.2) is 0 Å². The molecular weight excluding hydrogens is 290 g/mol. The lowest BCUT2D eigenvalue weighted by atomic mass is 9.57. The first-order chi connectivity index (χ1) is 11.1. The topological polar surface area (TPSA) is 38.8 Å². The lowest BCUT2D eigenvalue weighted by Gasteiger charge is -2.45. The van der Waals surface area contributed by atoms with E-state index in [4.69, 9.17) is 9.47 Å².